The molecule has 2 N–H and O–H groups in total. The van der Waals surface area contributed by atoms with Crippen LogP contribution in [0.25, 0.3) is 0 Å². The molecule has 0 unspecified atom stereocenters. The fraction of sp³-hybridized carbons (Fsp3) is 0.219. The van der Waals surface area contributed by atoms with Crippen molar-refractivity contribution in [1.82, 2.24) is 0 Å². The van der Waals surface area contributed by atoms with E-state index in [9.17, 15) is 14.4 Å². The minimum absolute atomic E-state index is 0.271. The van der Waals surface area contributed by atoms with Gasteiger partial charge in [0.05, 0.1) is 31.5 Å². The standard InChI is InChI=1S/C32H29ClN2O5S/c1-39-32(38)23-11-7-20(8-12-23)5-6-21-9-13-25(14-10-21)34-30(37)28-26-15-16-40-19-27(26)41-31(28)35-29(36)24-4-2-3-22(17-24)18-33/h2-4,7-14,17H,5-6,15-16,18-19H2,1H3,(H,34,37)(H,35,36). The van der Waals surface area contributed by atoms with Crippen LogP contribution in [0.3, 0.4) is 0 Å². The zero-order chi connectivity index (χ0) is 28.8. The molecule has 5 rings (SSSR count). The predicted molar refractivity (Wildman–Crippen MR) is 161 cm³/mol. The van der Waals surface area contributed by atoms with Gasteiger partial charge in [-0.25, -0.2) is 4.79 Å². The van der Waals surface area contributed by atoms with E-state index in [0.29, 0.717) is 52.9 Å². The number of carbonyl (C=O) groups is 3. The number of esters is 1. The summed E-state index contributed by atoms with van der Waals surface area (Å²) in [4.78, 5) is 39.2. The van der Waals surface area contributed by atoms with Crippen molar-refractivity contribution in [2.45, 2.75) is 31.7 Å². The number of rotatable bonds is 9. The summed E-state index contributed by atoms with van der Waals surface area (Å²) in [6, 6.07) is 22.2. The van der Waals surface area contributed by atoms with Crippen molar-refractivity contribution < 1.29 is 23.9 Å². The Kier molecular flexibility index (Phi) is 9.14. The Balaban J connectivity index is 1.27. The Morgan fingerprint density at radius 3 is 2.27 bits per heavy atom. The van der Waals surface area contributed by atoms with Crippen LogP contribution >= 0.6 is 22.9 Å². The maximum atomic E-state index is 13.5. The number of hydrogen-bond donors (Lipinski definition) is 2. The summed E-state index contributed by atoms with van der Waals surface area (Å²) in [5, 5.41) is 6.46. The van der Waals surface area contributed by atoms with E-state index in [1.165, 1.54) is 18.4 Å². The van der Waals surface area contributed by atoms with E-state index in [1.54, 1.807) is 30.3 Å². The Labute approximate surface area is 247 Å². The van der Waals surface area contributed by atoms with Gasteiger partial charge in [0.1, 0.15) is 5.00 Å². The highest BCUT2D eigenvalue weighted by Crippen LogP contribution is 2.37. The molecule has 2 heterocycles. The molecule has 1 aliphatic heterocycles. The molecule has 0 saturated heterocycles. The van der Waals surface area contributed by atoms with Gasteiger partial charge >= 0.3 is 5.97 Å². The molecule has 1 aromatic heterocycles. The van der Waals surface area contributed by atoms with Crippen LogP contribution in [-0.4, -0.2) is 31.5 Å². The topological polar surface area (TPSA) is 93.7 Å². The van der Waals surface area contributed by atoms with Crippen LogP contribution in [0.15, 0.2) is 72.8 Å². The lowest BCUT2D eigenvalue weighted by Gasteiger charge is -2.14. The molecule has 4 aromatic rings. The van der Waals surface area contributed by atoms with Gasteiger partial charge in [0.2, 0.25) is 0 Å². The summed E-state index contributed by atoms with van der Waals surface area (Å²) >= 11 is 7.32. The summed E-state index contributed by atoms with van der Waals surface area (Å²) < 4.78 is 10.4. The maximum Gasteiger partial charge on any atom is 0.337 e. The predicted octanol–water partition coefficient (Wildman–Crippen LogP) is 6.64. The highest BCUT2D eigenvalue weighted by Gasteiger charge is 2.27. The number of ether oxygens (including phenoxy) is 2. The van der Waals surface area contributed by atoms with Crippen molar-refractivity contribution in [2.75, 3.05) is 24.4 Å². The highest BCUT2D eigenvalue weighted by molar-refractivity contribution is 7.17. The van der Waals surface area contributed by atoms with E-state index in [0.717, 1.165) is 40.0 Å². The number of methoxy groups -OCH3 is 1. The van der Waals surface area contributed by atoms with Crippen LogP contribution < -0.4 is 10.6 Å². The van der Waals surface area contributed by atoms with Gasteiger partial charge in [-0.1, -0.05) is 36.4 Å². The van der Waals surface area contributed by atoms with Crippen LogP contribution in [-0.2, 0) is 41.2 Å². The summed E-state index contributed by atoms with van der Waals surface area (Å²) in [6.07, 6.45) is 2.23. The molecular weight excluding hydrogens is 560 g/mol. The van der Waals surface area contributed by atoms with E-state index in [1.807, 2.05) is 42.5 Å². The maximum absolute atomic E-state index is 13.5. The van der Waals surface area contributed by atoms with Crippen LogP contribution in [0.1, 0.15) is 58.2 Å². The molecule has 3 aromatic carbocycles. The quantitative estimate of drug-likeness (QED) is 0.169. The molecule has 0 spiro atoms. The Hall–Kier alpha value is -3.98. The number of alkyl halides is 1. The third kappa shape index (κ3) is 6.85. The minimum atomic E-state index is -0.350. The first kappa shape index (κ1) is 28.5. The zero-order valence-corrected chi connectivity index (χ0v) is 24.1. The Morgan fingerprint density at radius 2 is 1.59 bits per heavy atom. The number of amides is 2. The molecule has 0 aliphatic carbocycles. The second kappa shape index (κ2) is 13.1. The fourth-order valence-corrected chi connectivity index (χ4v) is 6.04. The molecule has 41 heavy (non-hydrogen) atoms. The van der Waals surface area contributed by atoms with Crippen LogP contribution in [0.4, 0.5) is 10.7 Å². The van der Waals surface area contributed by atoms with E-state index in [2.05, 4.69) is 10.6 Å². The number of hydrogen-bond acceptors (Lipinski definition) is 6. The van der Waals surface area contributed by atoms with Crippen molar-refractivity contribution in [3.63, 3.8) is 0 Å². The number of anilines is 2. The SMILES string of the molecule is COC(=O)c1ccc(CCc2ccc(NC(=O)c3c(NC(=O)c4cccc(CCl)c4)sc4c3CCOC4)cc2)cc1. The van der Waals surface area contributed by atoms with Crippen LogP contribution in [0, 0.1) is 0 Å². The smallest absolute Gasteiger partial charge is 0.337 e. The third-order valence-electron chi connectivity index (χ3n) is 6.91. The monoisotopic (exact) mass is 588 g/mol. The van der Waals surface area contributed by atoms with E-state index in [-0.39, 0.29) is 17.8 Å². The van der Waals surface area contributed by atoms with Crippen LogP contribution in [0.2, 0.25) is 0 Å². The molecule has 0 bridgehead atoms. The largest absolute Gasteiger partial charge is 0.465 e. The first-order chi connectivity index (χ1) is 19.9. The average Bonchev–Trinajstić information content (AvgIpc) is 3.38. The second-order valence-electron chi connectivity index (χ2n) is 9.64. The first-order valence-corrected chi connectivity index (χ1v) is 14.6. The number of aryl methyl sites for hydroxylation is 2. The summed E-state index contributed by atoms with van der Waals surface area (Å²) in [6.45, 7) is 0.938. The second-order valence-corrected chi connectivity index (χ2v) is 11.0. The molecule has 0 atom stereocenters. The van der Waals surface area contributed by atoms with Gasteiger partial charge in [-0.2, -0.15) is 0 Å². The first-order valence-electron chi connectivity index (χ1n) is 13.2. The van der Waals surface area contributed by atoms with Gasteiger partial charge in [-0.3, -0.25) is 9.59 Å². The number of carbonyl (C=O) groups excluding carboxylic acids is 3. The molecule has 0 radical (unpaired) electrons. The fourth-order valence-electron chi connectivity index (χ4n) is 4.69. The molecule has 9 heteroatoms. The number of halogens is 1. The molecule has 7 nitrogen and oxygen atoms in total. The van der Waals surface area contributed by atoms with Crippen LogP contribution in [0.5, 0.6) is 0 Å². The summed E-state index contributed by atoms with van der Waals surface area (Å²) in [5.41, 5.74) is 6.15. The lowest BCUT2D eigenvalue weighted by molar-refractivity contribution is 0.0600. The highest BCUT2D eigenvalue weighted by atomic mass is 35.5. The van der Waals surface area contributed by atoms with Gasteiger partial charge in [0.25, 0.3) is 11.8 Å². The molecule has 0 fully saturated rings. The van der Waals surface area contributed by atoms with Gasteiger partial charge in [0.15, 0.2) is 0 Å². The lowest BCUT2D eigenvalue weighted by Crippen LogP contribution is -2.19. The van der Waals surface area contributed by atoms with Gasteiger partial charge in [0, 0.05) is 22.0 Å². The van der Waals surface area contributed by atoms with Gasteiger partial charge in [-0.15, -0.1) is 22.9 Å². The summed E-state index contributed by atoms with van der Waals surface area (Å²) in [5.74, 6) is -0.609. The van der Waals surface area contributed by atoms with E-state index in [4.69, 9.17) is 21.1 Å². The number of nitrogens with one attached hydrogen (secondary N) is 2. The number of fused-ring (bicyclic) bond motifs is 1. The van der Waals surface area contributed by atoms with Crippen molar-refractivity contribution in [1.29, 1.82) is 0 Å². The minimum Gasteiger partial charge on any atom is -0.465 e. The van der Waals surface area contributed by atoms with Gasteiger partial charge in [-0.05, 0) is 77.9 Å². The van der Waals surface area contributed by atoms with Crippen molar-refractivity contribution in [3.05, 3.63) is 117 Å². The molecule has 210 valence electrons. The molecule has 1 aliphatic rings. The Morgan fingerprint density at radius 1 is 0.878 bits per heavy atom. The average molecular weight is 589 g/mol. The molecule has 2 amide bonds. The normalized spacial score (nSPS) is 12.3. The number of benzene rings is 3. The number of thiophene rings is 1. The van der Waals surface area contributed by atoms with Gasteiger partial charge < -0.3 is 20.1 Å². The van der Waals surface area contributed by atoms with Crippen molar-refractivity contribution in [3.8, 4) is 0 Å². The summed E-state index contributed by atoms with van der Waals surface area (Å²) in [7, 11) is 1.37. The lowest BCUT2D eigenvalue weighted by atomic mass is 10.0. The molecule has 0 saturated carbocycles. The van der Waals surface area contributed by atoms with Crippen molar-refractivity contribution in [2.24, 2.45) is 0 Å². The van der Waals surface area contributed by atoms with Crippen molar-refractivity contribution >= 4 is 51.4 Å². The molecular formula is C32H29ClN2O5S. The third-order valence-corrected chi connectivity index (χ3v) is 8.34. The van der Waals surface area contributed by atoms with E-state index < -0.39 is 0 Å². The Bertz CT molecular complexity index is 1560. The zero-order valence-electron chi connectivity index (χ0n) is 22.5. The van der Waals surface area contributed by atoms with E-state index >= 15 is 0 Å².